The number of carbonyl (C=O) groups excluding carboxylic acids is 1. The lowest BCUT2D eigenvalue weighted by atomic mass is 10.0. The molecule has 1 aromatic carbocycles. The summed E-state index contributed by atoms with van der Waals surface area (Å²) in [5, 5.41) is 2.97. The average molecular weight is 342 g/mol. The molecule has 1 amide bonds. The number of nitrogens with one attached hydrogen (secondary N) is 1. The van der Waals surface area contributed by atoms with Crippen molar-refractivity contribution in [3.63, 3.8) is 0 Å². The Balaban J connectivity index is 2.58. The van der Waals surface area contributed by atoms with Crippen LogP contribution in [0.3, 0.4) is 0 Å². The Bertz CT molecular complexity index is 844. The molecule has 0 saturated carbocycles. The Morgan fingerprint density at radius 1 is 1.12 bits per heavy atom. The molecule has 5 nitrogen and oxygen atoms in total. The van der Waals surface area contributed by atoms with Gasteiger partial charge in [-0.3, -0.25) is 9.59 Å². The van der Waals surface area contributed by atoms with Crippen molar-refractivity contribution in [2.24, 2.45) is 7.05 Å². The molecular weight excluding hydrogens is 316 g/mol. The summed E-state index contributed by atoms with van der Waals surface area (Å²) in [6.45, 7) is 7.67. The second-order valence-electron chi connectivity index (χ2n) is 6.08. The van der Waals surface area contributed by atoms with E-state index in [-0.39, 0.29) is 16.7 Å². The first kappa shape index (κ1) is 18.8. The zero-order valence-corrected chi connectivity index (χ0v) is 15.8. The summed E-state index contributed by atoms with van der Waals surface area (Å²) >= 11 is 0. The smallest absolute Gasteiger partial charge is 0.261 e. The molecule has 2 rings (SSSR count). The molecule has 25 heavy (non-hydrogen) atoms. The number of ether oxygens (including phenoxy) is 1. The van der Waals surface area contributed by atoms with Crippen LogP contribution in [0.2, 0.25) is 0 Å². The van der Waals surface area contributed by atoms with Gasteiger partial charge in [-0.1, -0.05) is 32.0 Å². The highest BCUT2D eigenvalue weighted by atomic mass is 16.5. The fraction of sp³-hybridized carbons (Fsp3) is 0.400. The normalized spacial score (nSPS) is 10.6. The van der Waals surface area contributed by atoms with Crippen molar-refractivity contribution in [2.75, 3.05) is 12.4 Å². The van der Waals surface area contributed by atoms with Gasteiger partial charge in [0, 0.05) is 18.4 Å². The number of benzene rings is 1. The fourth-order valence-corrected chi connectivity index (χ4v) is 3.10. The third kappa shape index (κ3) is 3.31. The SMILES string of the molecule is CCc1cccc(CC)c1NC(=O)c1c(C)n(C)c(C)c(OC)c1=O. The lowest BCUT2D eigenvalue weighted by Gasteiger charge is -2.18. The number of hydrogen-bond donors (Lipinski definition) is 1. The van der Waals surface area contributed by atoms with Gasteiger partial charge < -0.3 is 14.6 Å². The van der Waals surface area contributed by atoms with Crippen LogP contribution in [0.15, 0.2) is 23.0 Å². The molecule has 0 aliphatic heterocycles. The first-order valence-electron chi connectivity index (χ1n) is 8.53. The molecule has 0 aliphatic rings. The van der Waals surface area contributed by atoms with E-state index in [1.165, 1.54) is 7.11 Å². The maximum Gasteiger partial charge on any atom is 0.261 e. The second kappa shape index (κ2) is 7.55. The van der Waals surface area contributed by atoms with E-state index < -0.39 is 5.91 Å². The minimum absolute atomic E-state index is 0.123. The Kier molecular flexibility index (Phi) is 5.67. The molecular formula is C20H26N2O3. The molecule has 0 aliphatic carbocycles. The first-order chi connectivity index (χ1) is 11.9. The number of carbonyl (C=O) groups is 1. The van der Waals surface area contributed by atoms with Crippen LogP contribution in [0.1, 0.15) is 46.7 Å². The molecule has 1 heterocycles. The number of methoxy groups -OCH3 is 1. The molecule has 0 saturated heterocycles. The standard InChI is InChI=1S/C20H26N2O3/c1-7-14-10-9-11-15(8-2)17(14)21-20(24)16-12(3)22(5)13(4)19(25-6)18(16)23/h9-11H,7-8H2,1-6H3,(H,21,24). The average Bonchev–Trinajstić information content (AvgIpc) is 2.60. The molecule has 2 aromatic rings. The Morgan fingerprint density at radius 3 is 2.16 bits per heavy atom. The van der Waals surface area contributed by atoms with Crippen LogP contribution in [0.4, 0.5) is 5.69 Å². The lowest BCUT2D eigenvalue weighted by molar-refractivity contribution is 0.102. The summed E-state index contributed by atoms with van der Waals surface area (Å²) < 4.78 is 7.04. The Hall–Kier alpha value is -2.56. The van der Waals surface area contributed by atoms with Crippen LogP contribution in [0.5, 0.6) is 5.75 Å². The van der Waals surface area contributed by atoms with Gasteiger partial charge in [0.2, 0.25) is 5.43 Å². The molecule has 0 radical (unpaired) electrons. The number of rotatable bonds is 5. The molecule has 0 spiro atoms. The van der Waals surface area contributed by atoms with Crippen LogP contribution in [0, 0.1) is 13.8 Å². The molecule has 1 N–H and O–H groups in total. The van der Waals surface area contributed by atoms with Gasteiger partial charge in [-0.25, -0.2) is 0 Å². The van der Waals surface area contributed by atoms with Gasteiger partial charge in [-0.2, -0.15) is 0 Å². The molecule has 0 fully saturated rings. The molecule has 1 aromatic heterocycles. The number of para-hydroxylation sites is 1. The zero-order chi connectivity index (χ0) is 18.7. The van der Waals surface area contributed by atoms with E-state index in [2.05, 4.69) is 5.32 Å². The molecule has 0 unspecified atom stereocenters. The molecule has 134 valence electrons. The van der Waals surface area contributed by atoms with Crippen molar-refractivity contribution in [1.82, 2.24) is 4.57 Å². The van der Waals surface area contributed by atoms with Gasteiger partial charge >= 0.3 is 0 Å². The number of anilines is 1. The van der Waals surface area contributed by atoms with Crippen LogP contribution in [0.25, 0.3) is 0 Å². The maximum atomic E-state index is 12.9. The van der Waals surface area contributed by atoms with E-state index in [0.29, 0.717) is 11.4 Å². The number of amides is 1. The number of aryl methyl sites for hydroxylation is 2. The van der Waals surface area contributed by atoms with Crippen molar-refractivity contribution in [1.29, 1.82) is 0 Å². The van der Waals surface area contributed by atoms with E-state index in [4.69, 9.17) is 4.74 Å². The van der Waals surface area contributed by atoms with Gasteiger partial charge in [0.15, 0.2) is 5.75 Å². The summed E-state index contributed by atoms with van der Waals surface area (Å²) in [4.78, 5) is 25.7. The minimum atomic E-state index is -0.396. The third-order valence-corrected chi connectivity index (χ3v) is 4.80. The van der Waals surface area contributed by atoms with Crippen LogP contribution in [-0.2, 0) is 19.9 Å². The van der Waals surface area contributed by atoms with Gasteiger partial charge in [0.25, 0.3) is 5.91 Å². The Labute approximate surface area is 148 Å². The predicted molar refractivity (Wildman–Crippen MR) is 101 cm³/mol. The zero-order valence-electron chi connectivity index (χ0n) is 15.8. The number of hydrogen-bond acceptors (Lipinski definition) is 3. The summed E-state index contributed by atoms with van der Waals surface area (Å²) in [7, 11) is 3.27. The van der Waals surface area contributed by atoms with Gasteiger partial charge in [-0.05, 0) is 37.8 Å². The van der Waals surface area contributed by atoms with Crippen molar-refractivity contribution in [3.05, 3.63) is 56.5 Å². The van der Waals surface area contributed by atoms with Crippen LogP contribution in [-0.4, -0.2) is 17.6 Å². The van der Waals surface area contributed by atoms with Gasteiger partial charge in [0.1, 0.15) is 5.56 Å². The largest absolute Gasteiger partial charge is 0.491 e. The van der Waals surface area contributed by atoms with Crippen LogP contribution >= 0.6 is 0 Å². The molecule has 5 heteroatoms. The third-order valence-electron chi connectivity index (χ3n) is 4.80. The van der Waals surface area contributed by atoms with E-state index >= 15 is 0 Å². The highest BCUT2D eigenvalue weighted by Gasteiger charge is 2.22. The quantitative estimate of drug-likeness (QED) is 0.906. The monoisotopic (exact) mass is 342 g/mol. The van der Waals surface area contributed by atoms with Crippen molar-refractivity contribution >= 4 is 11.6 Å². The van der Waals surface area contributed by atoms with Gasteiger partial charge in [-0.15, -0.1) is 0 Å². The van der Waals surface area contributed by atoms with E-state index in [0.717, 1.165) is 29.7 Å². The summed E-state index contributed by atoms with van der Waals surface area (Å²) in [5.74, 6) is -0.190. The Morgan fingerprint density at radius 2 is 1.68 bits per heavy atom. The topological polar surface area (TPSA) is 60.3 Å². The van der Waals surface area contributed by atoms with Crippen molar-refractivity contribution in [3.8, 4) is 5.75 Å². The van der Waals surface area contributed by atoms with E-state index in [1.807, 2.05) is 43.7 Å². The number of pyridine rings is 1. The number of aromatic nitrogens is 1. The highest BCUT2D eigenvalue weighted by molar-refractivity contribution is 6.06. The number of nitrogens with zero attached hydrogens (tertiary/aromatic N) is 1. The fourth-order valence-electron chi connectivity index (χ4n) is 3.10. The summed E-state index contributed by atoms with van der Waals surface area (Å²) in [6.07, 6.45) is 1.61. The summed E-state index contributed by atoms with van der Waals surface area (Å²) in [5.41, 5.74) is 3.98. The molecule has 0 atom stereocenters. The first-order valence-corrected chi connectivity index (χ1v) is 8.53. The highest BCUT2D eigenvalue weighted by Crippen LogP contribution is 2.24. The lowest BCUT2D eigenvalue weighted by Crippen LogP contribution is -2.28. The van der Waals surface area contributed by atoms with Crippen molar-refractivity contribution < 1.29 is 9.53 Å². The summed E-state index contributed by atoms with van der Waals surface area (Å²) in [6, 6.07) is 5.98. The second-order valence-corrected chi connectivity index (χ2v) is 6.08. The van der Waals surface area contributed by atoms with Crippen molar-refractivity contribution in [2.45, 2.75) is 40.5 Å². The van der Waals surface area contributed by atoms with E-state index in [1.54, 1.807) is 13.8 Å². The van der Waals surface area contributed by atoms with Gasteiger partial charge in [0.05, 0.1) is 12.8 Å². The van der Waals surface area contributed by atoms with Crippen LogP contribution < -0.4 is 15.5 Å². The predicted octanol–water partition coefficient (Wildman–Crippen LogP) is 3.39. The minimum Gasteiger partial charge on any atom is -0.491 e. The molecule has 0 bridgehead atoms. The van der Waals surface area contributed by atoms with E-state index in [9.17, 15) is 9.59 Å². The maximum absolute atomic E-state index is 12.9.